The Labute approximate surface area is 95.4 Å². The van der Waals surface area contributed by atoms with Crippen molar-refractivity contribution in [1.29, 1.82) is 5.26 Å². The van der Waals surface area contributed by atoms with Gasteiger partial charge in [-0.2, -0.15) is 5.26 Å². The number of fused-ring (bicyclic) bond motifs is 1. The van der Waals surface area contributed by atoms with Gasteiger partial charge in [-0.15, -0.1) is 0 Å². The van der Waals surface area contributed by atoms with Gasteiger partial charge >= 0.3 is 0 Å². The molecule has 0 saturated heterocycles. The van der Waals surface area contributed by atoms with Gasteiger partial charge in [0, 0.05) is 16.1 Å². The molecule has 0 saturated carbocycles. The minimum Gasteiger partial charge on any atom is -0.496 e. The van der Waals surface area contributed by atoms with Gasteiger partial charge in [-0.1, -0.05) is 15.9 Å². The van der Waals surface area contributed by atoms with Gasteiger partial charge in [0.2, 0.25) is 0 Å². The zero-order valence-corrected chi connectivity index (χ0v) is 9.58. The molecule has 1 aromatic heterocycles. The number of nitriles is 1. The number of rotatable bonds is 1. The molecule has 0 fully saturated rings. The van der Waals surface area contributed by atoms with Crippen molar-refractivity contribution >= 4 is 26.7 Å². The lowest BCUT2D eigenvalue weighted by molar-refractivity contribution is 0.419. The molecule has 0 aliphatic heterocycles. The Bertz CT molecular complexity index is 560. The van der Waals surface area contributed by atoms with Crippen molar-refractivity contribution in [2.24, 2.45) is 0 Å². The third-order valence-corrected chi connectivity index (χ3v) is 2.85. The number of hydrogen-bond acceptors (Lipinski definition) is 3. The highest BCUT2D eigenvalue weighted by molar-refractivity contribution is 9.10. The smallest absolute Gasteiger partial charge is 0.152 e. The van der Waals surface area contributed by atoms with E-state index in [4.69, 9.17) is 10.00 Å². The van der Waals surface area contributed by atoms with Crippen LogP contribution in [-0.4, -0.2) is 12.1 Å². The molecule has 3 nitrogen and oxygen atoms in total. The van der Waals surface area contributed by atoms with Crippen molar-refractivity contribution < 1.29 is 4.74 Å². The molecule has 0 bridgehead atoms. The molecule has 0 amide bonds. The van der Waals surface area contributed by atoms with E-state index in [1.165, 1.54) is 0 Å². The first-order valence-corrected chi connectivity index (χ1v) is 5.08. The largest absolute Gasteiger partial charge is 0.496 e. The van der Waals surface area contributed by atoms with Crippen molar-refractivity contribution in [1.82, 2.24) is 4.98 Å². The summed E-state index contributed by atoms with van der Waals surface area (Å²) in [5, 5.41) is 10.6. The number of benzene rings is 1. The molecule has 0 aliphatic rings. The van der Waals surface area contributed by atoms with Crippen molar-refractivity contribution in [3.63, 3.8) is 0 Å². The van der Waals surface area contributed by atoms with Crippen LogP contribution >= 0.6 is 15.9 Å². The lowest BCUT2D eigenvalue weighted by atomic mass is 10.1. The summed E-state index contributed by atoms with van der Waals surface area (Å²) in [4.78, 5) is 4.01. The molecule has 0 unspecified atom stereocenters. The van der Waals surface area contributed by atoms with E-state index in [0.717, 1.165) is 15.2 Å². The molecule has 15 heavy (non-hydrogen) atoms. The zero-order valence-electron chi connectivity index (χ0n) is 7.99. The Hall–Kier alpha value is -1.60. The summed E-state index contributed by atoms with van der Waals surface area (Å²) in [6, 6.07) is 7.62. The van der Waals surface area contributed by atoms with Gasteiger partial charge in [0.05, 0.1) is 12.5 Å². The van der Waals surface area contributed by atoms with Crippen molar-refractivity contribution in [3.05, 3.63) is 34.6 Å². The maximum atomic E-state index is 8.96. The molecular weight excluding hydrogens is 256 g/mol. The topological polar surface area (TPSA) is 45.9 Å². The zero-order chi connectivity index (χ0) is 10.8. The molecule has 0 atom stereocenters. The highest BCUT2D eigenvalue weighted by Crippen LogP contribution is 2.32. The van der Waals surface area contributed by atoms with E-state index in [9.17, 15) is 0 Å². The Morgan fingerprint density at radius 3 is 2.87 bits per heavy atom. The Kier molecular flexibility index (Phi) is 2.57. The first kappa shape index (κ1) is 9.94. The summed E-state index contributed by atoms with van der Waals surface area (Å²) in [7, 11) is 1.58. The average Bonchev–Trinajstić information content (AvgIpc) is 2.29. The monoisotopic (exact) mass is 262 g/mol. The van der Waals surface area contributed by atoms with Crippen LogP contribution in [0.2, 0.25) is 0 Å². The fourth-order valence-electron chi connectivity index (χ4n) is 1.49. The van der Waals surface area contributed by atoms with Crippen LogP contribution < -0.4 is 4.74 Å². The number of ether oxygens (including phenoxy) is 1. The van der Waals surface area contributed by atoms with E-state index in [0.29, 0.717) is 11.4 Å². The van der Waals surface area contributed by atoms with Crippen LogP contribution in [0.3, 0.4) is 0 Å². The Morgan fingerprint density at radius 2 is 2.20 bits per heavy atom. The van der Waals surface area contributed by atoms with Crippen LogP contribution in [0.4, 0.5) is 0 Å². The minimum atomic E-state index is 0.380. The molecule has 1 heterocycles. The second-order valence-electron chi connectivity index (χ2n) is 2.94. The number of hydrogen-bond donors (Lipinski definition) is 0. The number of methoxy groups -OCH3 is 1. The molecule has 0 radical (unpaired) electrons. The molecule has 0 aliphatic carbocycles. The summed E-state index contributed by atoms with van der Waals surface area (Å²) in [6.45, 7) is 0. The predicted octanol–water partition coefficient (Wildman–Crippen LogP) is 2.88. The van der Waals surface area contributed by atoms with Crippen LogP contribution in [0.5, 0.6) is 5.75 Å². The molecular formula is C11H7BrN2O. The van der Waals surface area contributed by atoms with Gasteiger partial charge in [-0.25, -0.2) is 4.98 Å². The van der Waals surface area contributed by atoms with Crippen molar-refractivity contribution in [3.8, 4) is 11.8 Å². The first-order chi connectivity index (χ1) is 7.27. The number of halogens is 1. The molecule has 2 rings (SSSR count). The van der Waals surface area contributed by atoms with E-state index in [-0.39, 0.29) is 0 Å². The summed E-state index contributed by atoms with van der Waals surface area (Å²) in [5.74, 6) is 0.665. The fourth-order valence-corrected chi connectivity index (χ4v) is 1.95. The molecule has 4 heteroatoms. The Morgan fingerprint density at radius 1 is 1.40 bits per heavy atom. The molecule has 0 spiro atoms. The maximum Gasteiger partial charge on any atom is 0.152 e. The second-order valence-corrected chi connectivity index (χ2v) is 3.80. The van der Waals surface area contributed by atoms with Crippen LogP contribution in [0.1, 0.15) is 5.69 Å². The minimum absolute atomic E-state index is 0.380. The quantitative estimate of drug-likeness (QED) is 0.794. The van der Waals surface area contributed by atoms with Crippen molar-refractivity contribution in [2.45, 2.75) is 0 Å². The van der Waals surface area contributed by atoms with Gasteiger partial charge in [0.1, 0.15) is 11.8 Å². The maximum absolute atomic E-state index is 8.96. The Balaban J connectivity index is 2.96. The third-order valence-electron chi connectivity index (χ3n) is 2.16. The van der Waals surface area contributed by atoms with Gasteiger partial charge in [0.15, 0.2) is 5.69 Å². The highest BCUT2D eigenvalue weighted by Gasteiger charge is 2.09. The molecule has 2 aromatic rings. The summed E-state index contributed by atoms with van der Waals surface area (Å²) in [6.07, 6.45) is 1.62. The van der Waals surface area contributed by atoms with Crippen LogP contribution in [0.15, 0.2) is 28.9 Å². The molecule has 0 N–H and O–H groups in total. The lowest BCUT2D eigenvalue weighted by Crippen LogP contribution is -1.90. The fraction of sp³-hybridized carbons (Fsp3) is 0.0909. The average molecular weight is 263 g/mol. The van der Waals surface area contributed by atoms with Crippen LogP contribution in [0, 0.1) is 11.3 Å². The SMILES string of the molecule is COc1ccc(Br)c2ccnc(C#N)c12. The standard InChI is InChI=1S/C11H7BrN2O/c1-15-10-3-2-8(12)7-4-5-14-9(6-13)11(7)10/h2-5H,1H3. The van der Waals surface area contributed by atoms with Crippen LogP contribution in [-0.2, 0) is 0 Å². The molecule has 1 aromatic carbocycles. The van der Waals surface area contributed by atoms with E-state index in [2.05, 4.69) is 27.0 Å². The van der Waals surface area contributed by atoms with E-state index < -0.39 is 0 Å². The summed E-state index contributed by atoms with van der Waals surface area (Å²) in [5.41, 5.74) is 0.380. The van der Waals surface area contributed by atoms with Gasteiger partial charge < -0.3 is 4.74 Å². The third kappa shape index (κ3) is 1.55. The van der Waals surface area contributed by atoms with Crippen molar-refractivity contribution in [2.75, 3.05) is 7.11 Å². The van der Waals surface area contributed by atoms with Crippen LogP contribution in [0.25, 0.3) is 10.8 Å². The van der Waals surface area contributed by atoms with Gasteiger partial charge in [0.25, 0.3) is 0 Å². The van der Waals surface area contributed by atoms with E-state index >= 15 is 0 Å². The van der Waals surface area contributed by atoms with Gasteiger partial charge in [-0.3, -0.25) is 0 Å². The molecule has 74 valence electrons. The predicted molar refractivity (Wildman–Crippen MR) is 60.7 cm³/mol. The second kappa shape index (κ2) is 3.87. The number of aromatic nitrogens is 1. The number of nitrogens with zero attached hydrogens (tertiary/aromatic N) is 2. The lowest BCUT2D eigenvalue weighted by Gasteiger charge is -2.07. The van der Waals surface area contributed by atoms with E-state index in [1.807, 2.05) is 18.2 Å². The first-order valence-electron chi connectivity index (χ1n) is 4.29. The van der Waals surface area contributed by atoms with Gasteiger partial charge in [-0.05, 0) is 18.2 Å². The summed E-state index contributed by atoms with van der Waals surface area (Å²) < 4.78 is 6.14. The number of pyridine rings is 1. The highest BCUT2D eigenvalue weighted by atomic mass is 79.9. The van der Waals surface area contributed by atoms with E-state index in [1.54, 1.807) is 13.3 Å². The normalized spacial score (nSPS) is 9.93. The summed E-state index contributed by atoms with van der Waals surface area (Å²) >= 11 is 3.43.